The number of carbonyl (C=O) groups is 1. The van der Waals surface area contributed by atoms with Gasteiger partial charge in [0.15, 0.2) is 0 Å². The SMILES string of the molecule is Cn1cc(CC(=O)N2CCCN(Cc3ccccn3)CC2)c2ccccc21. The second-order valence-corrected chi connectivity index (χ2v) is 7.29. The largest absolute Gasteiger partial charge is 0.350 e. The Balaban J connectivity index is 1.39. The molecule has 1 saturated heterocycles. The Morgan fingerprint density at radius 3 is 2.74 bits per heavy atom. The molecule has 0 N–H and O–H groups in total. The zero-order valence-electron chi connectivity index (χ0n) is 15.8. The van der Waals surface area contributed by atoms with Crippen LogP contribution in [0, 0.1) is 0 Å². The monoisotopic (exact) mass is 362 g/mol. The van der Waals surface area contributed by atoms with Gasteiger partial charge < -0.3 is 9.47 Å². The van der Waals surface area contributed by atoms with E-state index in [-0.39, 0.29) is 5.91 Å². The highest BCUT2D eigenvalue weighted by molar-refractivity contribution is 5.89. The van der Waals surface area contributed by atoms with E-state index in [1.807, 2.05) is 42.4 Å². The molecule has 140 valence electrons. The van der Waals surface area contributed by atoms with Crippen LogP contribution in [0.25, 0.3) is 10.9 Å². The first-order chi connectivity index (χ1) is 13.2. The minimum atomic E-state index is 0.228. The number of pyridine rings is 1. The number of amides is 1. The van der Waals surface area contributed by atoms with E-state index in [1.54, 1.807) is 0 Å². The lowest BCUT2D eigenvalue weighted by Gasteiger charge is -2.22. The molecule has 1 aliphatic heterocycles. The molecule has 5 heteroatoms. The quantitative estimate of drug-likeness (QED) is 0.717. The van der Waals surface area contributed by atoms with Gasteiger partial charge in [0, 0.05) is 63.1 Å². The van der Waals surface area contributed by atoms with Crippen molar-refractivity contribution in [2.45, 2.75) is 19.4 Å². The summed E-state index contributed by atoms with van der Waals surface area (Å²) in [6, 6.07) is 14.3. The minimum absolute atomic E-state index is 0.228. The number of hydrogen-bond donors (Lipinski definition) is 0. The smallest absolute Gasteiger partial charge is 0.227 e. The second-order valence-electron chi connectivity index (χ2n) is 7.29. The summed E-state index contributed by atoms with van der Waals surface area (Å²) in [6.07, 6.45) is 5.41. The Labute approximate surface area is 160 Å². The zero-order valence-corrected chi connectivity index (χ0v) is 15.8. The molecule has 1 aliphatic rings. The molecule has 0 saturated carbocycles. The number of hydrogen-bond acceptors (Lipinski definition) is 3. The molecule has 0 radical (unpaired) electrons. The summed E-state index contributed by atoms with van der Waals surface area (Å²) in [7, 11) is 2.04. The van der Waals surface area contributed by atoms with E-state index >= 15 is 0 Å². The Kier molecular flexibility index (Phi) is 5.21. The van der Waals surface area contributed by atoms with E-state index in [9.17, 15) is 4.79 Å². The highest BCUT2D eigenvalue weighted by Gasteiger charge is 2.20. The van der Waals surface area contributed by atoms with Gasteiger partial charge in [-0.15, -0.1) is 0 Å². The summed E-state index contributed by atoms with van der Waals surface area (Å²) in [5.41, 5.74) is 3.39. The summed E-state index contributed by atoms with van der Waals surface area (Å²) >= 11 is 0. The lowest BCUT2D eigenvalue weighted by Crippen LogP contribution is -2.36. The number of fused-ring (bicyclic) bond motifs is 1. The Bertz CT molecular complexity index is 918. The van der Waals surface area contributed by atoms with Crippen LogP contribution in [0.1, 0.15) is 17.7 Å². The van der Waals surface area contributed by atoms with Crippen molar-refractivity contribution in [3.63, 3.8) is 0 Å². The second kappa shape index (κ2) is 7.92. The summed E-state index contributed by atoms with van der Waals surface area (Å²) in [5.74, 6) is 0.228. The highest BCUT2D eigenvalue weighted by atomic mass is 16.2. The fourth-order valence-electron chi connectivity index (χ4n) is 3.94. The summed E-state index contributed by atoms with van der Waals surface area (Å²) in [4.78, 5) is 21.8. The first kappa shape index (κ1) is 17.7. The van der Waals surface area contributed by atoms with Gasteiger partial charge in [0.25, 0.3) is 0 Å². The van der Waals surface area contributed by atoms with Crippen molar-refractivity contribution in [2.75, 3.05) is 26.2 Å². The number of aryl methyl sites for hydroxylation is 1. The van der Waals surface area contributed by atoms with Gasteiger partial charge in [0.2, 0.25) is 5.91 Å². The van der Waals surface area contributed by atoms with Gasteiger partial charge in [-0.05, 0) is 30.2 Å². The van der Waals surface area contributed by atoms with Gasteiger partial charge in [-0.2, -0.15) is 0 Å². The molecule has 1 fully saturated rings. The fourth-order valence-corrected chi connectivity index (χ4v) is 3.94. The molecule has 1 amide bonds. The number of nitrogens with zero attached hydrogens (tertiary/aromatic N) is 4. The Morgan fingerprint density at radius 2 is 1.89 bits per heavy atom. The number of para-hydroxylation sites is 1. The zero-order chi connectivity index (χ0) is 18.6. The molecule has 5 nitrogen and oxygen atoms in total. The van der Waals surface area contributed by atoms with Crippen molar-refractivity contribution in [3.8, 4) is 0 Å². The molecular formula is C22H26N4O. The summed E-state index contributed by atoms with van der Waals surface area (Å²) < 4.78 is 2.11. The molecule has 1 aromatic carbocycles. The number of benzene rings is 1. The van der Waals surface area contributed by atoms with Crippen LogP contribution >= 0.6 is 0 Å². The van der Waals surface area contributed by atoms with Crippen LogP contribution < -0.4 is 0 Å². The average Bonchev–Trinajstić information content (AvgIpc) is 2.85. The van der Waals surface area contributed by atoms with E-state index in [0.29, 0.717) is 6.42 Å². The van der Waals surface area contributed by atoms with Crippen LogP contribution in [-0.2, 0) is 24.8 Å². The predicted octanol–water partition coefficient (Wildman–Crippen LogP) is 2.85. The summed E-state index contributed by atoms with van der Waals surface area (Å²) in [6.45, 7) is 4.39. The molecular weight excluding hydrogens is 336 g/mol. The number of carbonyl (C=O) groups excluding carboxylic acids is 1. The first-order valence-corrected chi connectivity index (χ1v) is 9.64. The maximum absolute atomic E-state index is 12.9. The molecule has 2 aromatic heterocycles. The molecule has 0 atom stereocenters. The number of aromatic nitrogens is 2. The van der Waals surface area contributed by atoms with Crippen LogP contribution in [0.2, 0.25) is 0 Å². The average molecular weight is 362 g/mol. The van der Waals surface area contributed by atoms with Crippen molar-refractivity contribution >= 4 is 16.8 Å². The van der Waals surface area contributed by atoms with E-state index < -0.39 is 0 Å². The van der Waals surface area contributed by atoms with E-state index in [4.69, 9.17) is 0 Å². The van der Waals surface area contributed by atoms with Crippen molar-refractivity contribution in [1.29, 1.82) is 0 Å². The topological polar surface area (TPSA) is 41.4 Å². The molecule has 27 heavy (non-hydrogen) atoms. The van der Waals surface area contributed by atoms with Crippen LogP contribution in [-0.4, -0.2) is 51.4 Å². The third-order valence-electron chi connectivity index (χ3n) is 5.37. The number of rotatable bonds is 4. The Morgan fingerprint density at radius 1 is 1.04 bits per heavy atom. The maximum atomic E-state index is 12.9. The minimum Gasteiger partial charge on any atom is -0.350 e. The summed E-state index contributed by atoms with van der Waals surface area (Å²) in [5, 5.41) is 1.18. The lowest BCUT2D eigenvalue weighted by molar-refractivity contribution is -0.130. The van der Waals surface area contributed by atoms with Crippen molar-refractivity contribution in [1.82, 2.24) is 19.4 Å². The molecule has 3 heterocycles. The van der Waals surface area contributed by atoms with Crippen LogP contribution in [0.3, 0.4) is 0 Å². The molecule has 0 spiro atoms. The molecule has 3 aromatic rings. The maximum Gasteiger partial charge on any atom is 0.227 e. The molecule has 0 bridgehead atoms. The van der Waals surface area contributed by atoms with Gasteiger partial charge in [-0.3, -0.25) is 14.7 Å². The standard InChI is InChI=1S/C22H26N4O/c1-24-16-18(20-8-2-3-9-21(20)24)15-22(27)26-12-6-11-25(13-14-26)17-19-7-4-5-10-23-19/h2-5,7-10,16H,6,11-15,17H2,1H3. The first-order valence-electron chi connectivity index (χ1n) is 9.64. The van der Waals surface area contributed by atoms with Crippen LogP contribution in [0.4, 0.5) is 0 Å². The van der Waals surface area contributed by atoms with E-state index in [0.717, 1.165) is 50.4 Å². The van der Waals surface area contributed by atoms with Crippen LogP contribution in [0.5, 0.6) is 0 Å². The normalized spacial score (nSPS) is 15.8. The Hall–Kier alpha value is -2.66. The molecule has 4 rings (SSSR count). The van der Waals surface area contributed by atoms with Gasteiger partial charge in [-0.1, -0.05) is 24.3 Å². The third kappa shape index (κ3) is 4.03. The highest BCUT2D eigenvalue weighted by Crippen LogP contribution is 2.21. The van der Waals surface area contributed by atoms with Crippen molar-refractivity contribution in [3.05, 3.63) is 66.1 Å². The fraction of sp³-hybridized carbons (Fsp3) is 0.364. The van der Waals surface area contributed by atoms with E-state index in [2.05, 4.69) is 38.8 Å². The molecule has 0 aliphatic carbocycles. The van der Waals surface area contributed by atoms with Gasteiger partial charge >= 0.3 is 0 Å². The van der Waals surface area contributed by atoms with Crippen molar-refractivity contribution < 1.29 is 4.79 Å². The molecule has 0 unspecified atom stereocenters. The van der Waals surface area contributed by atoms with Gasteiger partial charge in [0.05, 0.1) is 12.1 Å². The van der Waals surface area contributed by atoms with Gasteiger partial charge in [-0.25, -0.2) is 0 Å². The predicted molar refractivity (Wildman–Crippen MR) is 107 cm³/mol. The van der Waals surface area contributed by atoms with Crippen molar-refractivity contribution in [2.24, 2.45) is 7.05 Å². The van der Waals surface area contributed by atoms with E-state index in [1.165, 1.54) is 10.9 Å². The van der Waals surface area contributed by atoms with Gasteiger partial charge in [0.1, 0.15) is 0 Å². The third-order valence-corrected chi connectivity index (χ3v) is 5.37. The lowest BCUT2D eigenvalue weighted by atomic mass is 10.1. The van der Waals surface area contributed by atoms with Crippen LogP contribution in [0.15, 0.2) is 54.9 Å².